The number of aliphatic carboxylic acids is 1. The second kappa shape index (κ2) is 6.47. The van der Waals surface area contributed by atoms with E-state index >= 15 is 0 Å². The second-order valence-corrected chi connectivity index (χ2v) is 4.22. The Morgan fingerprint density at radius 3 is 2.67 bits per heavy atom. The molecule has 1 fully saturated rings. The molecule has 0 heterocycles. The minimum absolute atomic E-state index is 0.337. The molecule has 3 heteroatoms. The Balaban J connectivity index is 2.35. The summed E-state index contributed by atoms with van der Waals surface area (Å²) in [4.78, 5) is 10.9. The molecule has 0 aromatic heterocycles. The highest BCUT2D eigenvalue weighted by atomic mass is 16.4. The summed E-state index contributed by atoms with van der Waals surface area (Å²) >= 11 is 0. The van der Waals surface area contributed by atoms with Crippen molar-refractivity contribution in [2.75, 3.05) is 6.54 Å². The molecule has 0 bridgehead atoms. The number of carboxylic acid groups (broad SMARTS) is 1. The Hall–Kier alpha value is -1.01. The van der Waals surface area contributed by atoms with Crippen LogP contribution in [0.1, 0.15) is 38.5 Å². The van der Waals surface area contributed by atoms with Crippen LogP contribution in [-0.4, -0.2) is 23.7 Å². The van der Waals surface area contributed by atoms with Gasteiger partial charge in [0.05, 0.1) is 6.54 Å². The SMILES string of the molecule is C#CCNC(CC1CCCCC1)C(=O)O. The van der Waals surface area contributed by atoms with Crippen LogP contribution in [0.25, 0.3) is 0 Å². The summed E-state index contributed by atoms with van der Waals surface area (Å²) in [7, 11) is 0. The average Bonchev–Trinajstić information content (AvgIpc) is 2.25. The number of terminal acetylenes is 1. The molecule has 15 heavy (non-hydrogen) atoms. The quantitative estimate of drug-likeness (QED) is 0.677. The first kappa shape index (κ1) is 12.1. The standard InChI is InChI=1S/C12H19NO2/c1-2-8-13-11(12(14)15)9-10-6-4-3-5-7-10/h1,10-11,13H,3-9H2,(H,14,15). The maximum Gasteiger partial charge on any atom is 0.320 e. The van der Waals surface area contributed by atoms with Gasteiger partial charge in [0, 0.05) is 0 Å². The van der Waals surface area contributed by atoms with Gasteiger partial charge < -0.3 is 5.11 Å². The molecule has 0 aromatic rings. The van der Waals surface area contributed by atoms with Gasteiger partial charge in [0.2, 0.25) is 0 Å². The molecule has 3 nitrogen and oxygen atoms in total. The molecule has 1 rings (SSSR count). The van der Waals surface area contributed by atoms with Crippen LogP contribution in [0.5, 0.6) is 0 Å². The Morgan fingerprint density at radius 2 is 2.13 bits per heavy atom. The van der Waals surface area contributed by atoms with Crippen LogP contribution in [0.3, 0.4) is 0 Å². The van der Waals surface area contributed by atoms with Crippen LogP contribution in [0, 0.1) is 18.3 Å². The molecule has 1 unspecified atom stereocenters. The lowest BCUT2D eigenvalue weighted by Crippen LogP contribution is -2.38. The predicted octanol–water partition coefficient (Wildman–Crippen LogP) is 1.63. The average molecular weight is 209 g/mol. The molecule has 1 saturated carbocycles. The van der Waals surface area contributed by atoms with E-state index in [0.29, 0.717) is 12.5 Å². The van der Waals surface area contributed by atoms with Crippen LogP contribution < -0.4 is 5.32 Å². The van der Waals surface area contributed by atoms with Crippen molar-refractivity contribution in [2.45, 2.75) is 44.6 Å². The van der Waals surface area contributed by atoms with Crippen LogP contribution >= 0.6 is 0 Å². The van der Waals surface area contributed by atoms with Crippen molar-refractivity contribution in [3.63, 3.8) is 0 Å². The molecule has 0 radical (unpaired) electrons. The Kier molecular flexibility index (Phi) is 5.20. The van der Waals surface area contributed by atoms with E-state index in [1.165, 1.54) is 32.1 Å². The highest BCUT2D eigenvalue weighted by Crippen LogP contribution is 2.27. The van der Waals surface area contributed by atoms with Gasteiger partial charge in [-0.05, 0) is 12.3 Å². The minimum atomic E-state index is -0.782. The van der Waals surface area contributed by atoms with Crippen molar-refractivity contribution in [2.24, 2.45) is 5.92 Å². The fourth-order valence-corrected chi connectivity index (χ4v) is 2.21. The Morgan fingerprint density at radius 1 is 1.47 bits per heavy atom. The van der Waals surface area contributed by atoms with Gasteiger partial charge >= 0.3 is 5.97 Å². The van der Waals surface area contributed by atoms with E-state index in [9.17, 15) is 4.79 Å². The number of hydrogen-bond donors (Lipinski definition) is 2. The van der Waals surface area contributed by atoms with Gasteiger partial charge in [-0.3, -0.25) is 10.1 Å². The van der Waals surface area contributed by atoms with Gasteiger partial charge in [-0.2, -0.15) is 0 Å². The monoisotopic (exact) mass is 209 g/mol. The molecule has 0 aromatic carbocycles. The lowest BCUT2D eigenvalue weighted by atomic mass is 9.85. The molecule has 1 aliphatic carbocycles. The summed E-state index contributed by atoms with van der Waals surface area (Å²) in [5.41, 5.74) is 0. The first-order valence-electron chi connectivity index (χ1n) is 5.63. The topological polar surface area (TPSA) is 49.3 Å². The smallest absolute Gasteiger partial charge is 0.320 e. The lowest BCUT2D eigenvalue weighted by Gasteiger charge is -2.24. The number of nitrogens with one attached hydrogen (secondary N) is 1. The fraction of sp³-hybridized carbons (Fsp3) is 0.750. The predicted molar refractivity (Wildman–Crippen MR) is 59.5 cm³/mol. The first-order chi connectivity index (χ1) is 7.24. The van der Waals surface area contributed by atoms with Gasteiger partial charge in [0.15, 0.2) is 0 Å². The second-order valence-electron chi connectivity index (χ2n) is 4.22. The molecule has 1 aliphatic rings. The van der Waals surface area contributed by atoms with E-state index in [1.54, 1.807) is 0 Å². The van der Waals surface area contributed by atoms with Gasteiger partial charge in [-0.25, -0.2) is 0 Å². The normalized spacial score (nSPS) is 19.4. The third kappa shape index (κ3) is 4.35. The highest BCUT2D eigenvalue weighted by Gasteiger charge is 2.22. The van der Waals surface area contributed by atoms with E-state index in [4.69, 9.17) is 11.5 Å². The molecule has 1 atom stereocenters. The van der Waals surface area contributed by atoms with E-state index < -0.39 is 12.0 Å². The van der Waals surface area contributed by atoms with Gasteiger partial charge in [-0.15, -0.1) is 6.42 Å². The molecule has 0 saturated heterocycles. The van der Waals surface area contributed by atoms with E-state index in [2.05, 4.69) is 11.2 Å². The summed E-state index contributed by atoms with van der Waals surface area (Å²) in [6.07, 6.45) is 11.9. The van der Waals surface area contributed by atoms with Crippen molar-refractivity contribution in [3.05, 3.63) is 0 Å². The number of hydrogen-bond acceptors (Lipinski definition) is 2. The maximum absolute atomic E-state index is 10.9. The van der Waals surface area contributed by atoms with Crippen LogP contribution in [0.2, 0.25) is 0 Å². The van der Waals surface area contributed by atoms with Crippen LogP contribution in [-0.2, 0) is 4.79 Å². The summed E-state index contributed by atoms with van der Waals surface area (Å²) in [6, 6.07) is -0.468. The minimum Gasteiger partial charge on any atom is -0.480 e. The Labute approximate surface area is 91.3 Å². The summed E-state index contributed by atoms with van der Waals surface area (Å²) in [5.74, 6) is 2.19. The lowest BCUT2D eigenvalue weighted by molar-refractivity contribution is -0.140. The van der Waals surface area contributed by atoms with Crippen molar-refractivity contribution in [1.29, 1.82) is 0 Å². The van der Waals surface area contributed by atoms with Crippen molar-refractivity contribution >= 4 is 5.97 Å². The van der Waals surface area contributed by atoms with Crippen LogP contribution in [0.15, 0.2) is 0 Å². The number of carbonyl (C=O) groups is 1. The van der Waals surface area contributed by atoms with Crippen molar-refractivity contribution in [3.8, 4) is 12.3 Å². The molecular weight excluding hydrogens is 190 g/mol. The van der Waals surface area contributed by atoms with Gasteiger partial charge in [0.25, 0.3) is 0 Å². The van der Waals surface area contributed by atoms with Gasteiger partial charge in [0.1, 0.15) is 6.04 Å². The van der Waals surface area contributed by atoms with Crippen LogP contribution in [0.4, 0.5) is 0 Å². The zero-order valence-corrected chi connectivity index (χ0v) is 9.04. The molecule has 0 aliphatic heterocycles. The highest BCUT2D eigenvalue weighted by molar-refractivity contribution is 5.73. The zero-order chi connectivity index (χ0) is 11.1. The van der Waals surface area contributed by atoms with Gasteiger partial charge in [-0.1, -0.05) is 38.0 Å². The molecule has 0 spiro atoms. The fourth-order valence-electron chi connectivity index (χ4n) is 2.21. The molecule has 2 N–H and O–H groups in total. The largest absolute Gasteiger partial charge is 0.480 e. The Bertz CT molecular complexity index is 238. The molecule has 84 valence electrons. The van der Waals surface area contributed by atoms with Crippen molar-refractivity contribution in [1.82, 2.24) is 5.32 Å². The third-order valence-electron chi connectivity index (χ3n) is 3.04. The summed E-state index contributed by atoms with van der Waals surface area (Å²) in [6.45, 7) is 0.337. The number of carboxylic acids is 1. The van der Waals surface area contributed by atoms with E-state index in [0.717, 1.165) is 6.42 Å². The third-order valence-corrected chi connectivity index (χ3v) is 3.04. The summed E-state index contributed by atoms with van der Waals surface area (Å²) in [5, 5.41) is 11.9. The summed E-state index contributed by atoms with van der Waals surface area (Å²) < 4.78 is 0. The van der Waals surface area contributed by atoms with E-state index in [1.807, 2.05) is 0 Å². The number of rotatable bonds is 5. The molecule has 0 amide bonds. The van der Waals surface area contributed by atoms with E-state index in [-0.39, 0.29) is 0 Å². The molecular formula is C12H19NO2. The van der Waals surface area contributed by atoms with Crippen molar-refractivity contribution < 1.29 is 9.90 Å². The maximum atomic E-state index is 10.9. The first-order valence-corrected chi connectivity index (χ1v) is 5.63. The zero-order valence-electron chi connectivity index (χ0n) is 9.04.